The van der Waals surface area contributed by atoms with Crippen LogP contribution >= 0.6 is 0 Å². The number of amides is 3. The van der Waals surface area contributed by atoms with E-state index in [1.807, 2.05) is 48.5 Å². The Morgan fingerprint density at radius 2 is 1.52 bits per heavy atom. The topological polar surface area (TPSA) is 190 Å². The van der Waals surface area contributed by atoms with Gasteiger partial charge in [0.15, 0.2) is 0 Å². The Kier molecular flexibility index (Phi) is 9.37. The van der Waals surface area contributed by atoms with Crippen LogP contribution in [0.15, 0.2) is 65.3 Å². The number of hydrogen-bond donors (Lipinski definition) is 5. The van der Waals surface area contributed by atoms with Crippen molar-refractivity contribution in [3.63, 3.8) is 0 Å². The summed E-state index contributed by atoms with van der Waals surface area (Å²) in [6.45, 7) is 0.454. The van der Waals surface area contributed by atoms with Gasteiger partial charge in [-0.3, -0.25) is 9.59 Å². The quantitative estimate of drug-likeness (QED) is 0.143. The molecule has 2 fully saturated rings. The largest absolute Gasteiger partial charge is 0.456 e. The van der Waals surface area contributed by atoms with Gasteiger partial charge >= 0.3 is 6.09 Å². The number of aromatic nitrogens is 4. The number of likely N-dealkylation sites (tertiary alicyclic amines) is 2. The third kappa shape index (κ3) is 6.46. The minimum Gasteiger partial charge on any atom is -0.456 e. The second-order valence-electron chi connectivity index (χ2n) is 12.6. The number of ether oxygens (including phenoxy) is 1. The number of aliphatic hydroxyl groups is 2. The lowest BCUT2D eigenvalue weighted by molar-refractivity contribution is -0.135. The van der Waals surface area contributed by atoms with Crippen molar-refractivity contribution in [2.45, 2.75) is 50.2 Å². The number of rotatable bonds is 10. The fraction of sp³-hybridized carbons (Fsp3) is 0.361. The highest BCUT2D eigenvalue weighted by Crippen LogP contribution is 2.36. The van der Waals surface area contributed by atoms with Gasteiger partial charge in [-0.15, -0.1) is 0 Å². The Hall–Kier alpha value is -5.47. The zero-order chi connectivity index (χ0) is 34.8. The van der Waals surface area contributed by atoms with Crippen molar-refractivity contribution in [3.8, 4) is 33.8 Å². The Bertz CT molecular complexity index is 2000. The molecule has 3 aromatic heterocycles. The highest BCUT2D eigenvalue weighted by atomic mass is 16.5. The summed E-state index contributed by atoms with van der Waals surface area (Å²) in [5, 5.41) is 22.2. The number of furan rings is 1. The van der Waals surface area contributed by atoms with Gasteiger partial charge in [0.05, 0.1) is 56.2 Å². The van der Waals surface area contributed by atoms with Crippen LogP contribution in [-0.4, -0.2) is 97.3 Å². The number of carbonyl (C=O) groups excluding carboxylic acids is 3. The minimum atomic E-state index is -1.10. The summed E-state index contributed by atoms with van der Waals surface area (Å²) in [6.07, 6.45) is 6.07. The number of fused-ring (bicyclic) bond motifs is 1. The molecule has 0 bridgehead atoms. The van der Waals surface area contributed by atoms with Crippen LogP contribution in [-0.2, 0) is 14.3 Å². The van der Waals surface area contributed by atoms with Gasteiger partial charge in [-0.2, -0.15) is 0 Å². The number of nitrogens with one attached hydrogen (secondary N) is 3. The summed E-state index contributed by atoms with van der Waals surface area (Å²) in [5.41, 5.74) is 5.17. The molecule has 5 N–H and O–H groups in total. The first-order chi connectivity index (χ1) is 24.4. The third-order valence-electron chi connectivity index (χ3n) is 9.52. The van der Waals surface area contributed by atoms with Gasteiger partial charge in [0, 0.05) is 36.0 Å². The van der Waals surface area contributed by atoms with Crippen LogP contribution in [0, 0.1) is 0 Å². The smallest absolute Gasteiger partial charge is 0.407 e. The number of benzene rings is 2. The molecule has 3 atom stereocenters. The van der Waals surface area contributed by atoms with E-state index in [-0.39, 0.29) is 31.0 Å². The van der Waals surface area contributed by atoms with E-state index in [0.717, 1.165) is 69.9 Å². The summed E-state index contributed by atoms with van der Waals surface area (Å²) in [6, 6.07) is 14.4. The molecule has 14 nitrogen and oxygen atoms in total. The number of aromatic amines is 2. The van der Waals surface area contributed by atoms with Crippen molar-refractivity contribution in [1.82, 2.24) is 35.1 Å². The predicted molar refractivity (Wildman–Crippen MR) is 182 cm³/mol. The number of aliphatic hydroxyl groups excluding tert-OH is 2. The van der Waals surface area contributed by atoms with Gasteiger partial charge in [-0.1, -0.05) is 24.3 Å². The molecule has 2 saturated heterocycles. The molecular formula is C36H39N7O7. The second-order valence-corrected chi connectivity index (χ2v) is 12.6. The molecule has 260 valence electrons. The molecule has 2 aliphatic heterocycles. The lowest BCUT2D eigenvalue weighted by atomic mass is 10.1. The van der Waals surface area contributed by atoms with Crippen LogP contribution in [0.3, 0.4) is 0 Å². The Balaban J connectivity index is 1.05. The Morgan fingerprint density at radius 3 is 2.18 bits per heavy atom. The van der Waals surface area contributed by atoms with Gasteiger partial charge in [0.2, 0.25) is 11.8 Å². The van der Waals surface area contributed by atoms with Crippen LogP contribution in [0.4, 0.5) is 4.79 Å². The van der Waals surface area contributed by atoms with Crippen LogP contribution < -0.4 is 5.32 Å². The standard InChI is InChI=1S/C36H39N7O7/c1-49-36(48)41-27(20-45)35(47)43-14-3-5-29(43)34-38-19-26(40-34)23-10-11-30-24(16-23)17-31(50-30)22-8-6-21(7-9-22)25-18-37-33(39-25)28-4-2-13-42(28)32(46)12-15-44/h6-11,16-19,27-29,44-45H,2-5,12-15,20H2,1H3,(H,37,39)(H,38,40)(H,41,48)/t27-,28-,29-/m0/s1. The number of H-pyrrole nitrogens is 2. The van der Waals surface area contributed by atoms with Crippen LogP contribution in [0.25, 0.3) is 44.8 Å². The van der Waals surface area contributed by atoms with Crippen LogP contribution in [0.5, 0.6) is 0 Å². The molecule has 0 unspecified atom stereocenters. The van der Waals surface area contributed by atoms with Crippen molar-refractivity contribution in [1.29, 1.82) is 0 Å². The van der Waals surface area contributed by atoms with Crippen molar-refractivity contribution < 1.29 is 33.8 Å². The summed E-state index contributed by atoms with van der Waals surface area (Å²) in [5.74, 6) is 1.66. The molecule has 0 radical (unpaired) electrons. The van der Waals surface area contributed by atoms with Crippen molar-refractivity contribution in [3.05, 3.63) is 72.6 Å². The van der Waals surface area contributed by atoms with E-state index in [1.165, 1.54) is 7.11 Å². The third-order valence-corrected chi connectivity index (χ3v) is 9.52. The predicted octanol–water partition coefficient (Wildman–Crippen LogP) is 4.31. The molecular weight excluding hydrogens is 642 g/mol. The molecule has 14 heteroatoms. The van der Waals surface area contributed by atoms with Gasteiger partial charge in [-0.25, -0.2) is 14.8 Å². The van der Waals surface area contributed by atoms with Crippen molar-refractivity contribution >= 4 is 28.9 Å². The summed E-state index contributed by atoms with van der Waals surface area (Å²) in [4.78, 5) is 56.7. The SMILES string of the molecule is COC(=O)N[C@@H](CO)C(=O)N1CCC[C@H]1c1ncc(-c2ccc3oc(-c4ccc(-c5cnc([C@@H]6CCCN6C(=O)CCO)[nH]5)cc4)cc3c2)[nH]1. The van der Waals surface area contributed by atoms with Gasteiger partial charge in [0.25, 0.3) is 0 Å². The zero-order valence-corrected chi connectivity index (χ0v) is 27.6. The Labute approximate surface area is 287 Å². The lowest BCUT2D eigenvalue weighted by Gasteiger charge is -2.27. The van der Waals surface area contributed by atoms with E-state index in [1.54, 1.807) is 22.2 Å². The molecule has 2 aromatic carbocycles. The van der Waals surface area contributed by atoms with Crippen LogP contribution in [0.1, 0.15) is 55.8 Å². The van der Waals surface area contributed by atoms with E-state index < -0.39 is 24.6 Å². The van der Waals surface area contributed by atoms with Gasteiger partial charge in [0.1, 0.15) is 29.0 Å². The maximum absolute atomic E-state index is 13.2. The number of carbonyl (C=O) groups is 3. The van der Waals surface area contributed by atoms with Crippen molar-refractivity contribution in [2.75, 3.05) is 33.4 Å². The maximum Gasteiger partial charge on any atom is 0.407 e. The monoisotopic (exact) mass is 681 g/mol. The molecule has 2 aliphatic rings. The van der Waals surface area contributed by atoms with E-state index in [2.05, 4.69) is 30.0 Å². The van der Waals surface area contributed by atoms with E-state index in [9.17, 15) is 24.6 Å². The Morgan fingerprint density at radius 1 is 0.900 bits per heavy atom. The highest BCUT2D eigenvalue weighted by Gasteiger charge is 2.36. The number of imidazole rings is 2. The molecule has 0 saturated carbocycles. The van der Waals surface area contributed by atoms with Gasteiger partial charge < -0.3 is 44.5 Å². The average molecular weight is 682 g/mol. The fourth-order valence-electron chi connectivity index (χ4n) is 6.96. The molecule has 5 heterocycles. The highest BCUT2D eigenvalue weighted by molar-refractivity contribution is 5.88. The first-order valence-electron chi connectivity index (χ1n) is 16.8. The number of alkyl carbamates (subject to hydrolysis) is 1. The minimum absolute atomic E-state index is 0.0567. The van der Waals surface area contributed by atoms with Gasteiger partial charge in [-0.05, 0) is 55.5 Å². The van der Waals surface area contributed by atoms with E-state index >= 15 is 0 Å². The lowest BCUT2D eigenvalue weighted by Crippen LogP contribution is -2.50. The first kappa shape index (κ1) is 33.0. The molecule has 0 spiro atoms. The molecule has 50 heavy (non-hydrogen) atoms. The first-order valence-corrected chi connectivity index (χ1v) is 16.8. The normalized spacial score (nSPS) is 18.1. The van der Waals surface area contributed by atoms with Crippen molar-refractivity contribution in [2.24, 2.45) is 0 Å². The summed E-state index contributed by atoms with van der Waals surface area (Å²) >= 11 is 0. The molecule has 5 aromatic rings. The van der Waals surface area contributed by atoms with E-state index in [0.29, 0.717) is 25.3 Å². The number of nitrogens with zero attached hydrogens (tertiary/aromatic N) is 4. The second kappa shape index (κ2) is 14.2. The maximum atomic E-state index is 13.2. The van der Waals surface area contributed by atoms with Crippen LogP contribution in [0.2, 0.25) is 0 Å². The van der Waals surface area contributed by atoms with E-state index in [4.69, 9.17) is 4.42 Å². The molecule has 7 rings (SSSR count). The summed E-state index contributed by atoms with van der Waals surface area (Å²) in [7, 11) is 1.20. The summed E-state index contributed by atoms with van der Waals surface area (Å²) < 4.78 is 10.8. The number of hydrogen-bond acceptors (Lipinski definition) is 9. The molecule has 0 aliphatic carbocycles. The fourth-order valence-corrected chi connectivity index (χ4v) is 6.96. The zero-order valence-electron chi connectivity index (χ0n) is 27.6. The average Bonchev–Trinajstić information content (AvgIpc) is 3.98. The molecule has 3 amide bonds. The number of methoxy groups -OCH3 is 1.